The summed E-state index contributed by atoms with van der Waals surface area (Å²) < 4.78 is 0. The summed E-state index contributed by atoms with van der Waals surface area (Å²) in [6.07, 6.45) is 0.946. The third kappa shape index (κ3) is 4.06. The minimum absolute atomic E-state index is 0.00156. The van der Waals surface area contributed by atoms with Crippen molar-refractivity contribution in [1.82, 2.24) is 10.3 Å². The molecule has 4 nitrogen and oxygen atoms in total. The van der Waals surface area contributed by atoms with Gasteiger partial charge in [0.2, 0.25) is 5.91 Å². The Labute approximate surface area is 116 Å². The lowest BCUT2D eigenvalue weighted by Gasteiger charge is -2.03. The number of aromatic nitrogens is 1. The zero-order valence-corrected chi connectivity index (χ0v) is 11.7. The highest BCUT2D eigenvalue weighted by atomic mass is 32.1. The van der Waals surface area contributed by atoms with E-state index < -0.39 is 0 Å². The highest BCUT2D eigenvalue weighted by Gasteiger charge is 2.05. The van der Waals surface area contributed by atoms with Crippen molar-refractivity contribution in [2.24, 2.45) is 0 Å². The molecule has 5 heteroatoms. The highest BCUT2D eigenvalue weighted by Crippen LogP contribution is 2.24. The maximum absolute atomic E-state index is 11.5. The minimum Gasteiger partial charge on any atom is -0.355 e. The first-order valence-corrected chi connectivity index (χ1v) is 7.19. The fourth-order valence-electron chi connectivity index (χ4n) is 1.58. The van der Waals surface area contributed by atoms with E-state index >= 15 is 0 Å². The van der Waals surface area contributed by atoms with Crippen LogP contribution in [-0.4, -0.2) is 24.0 Å². The van der Waals surface area contributed by atoms with Gasteiger partial charge in [0.15, 0.2) is 5.13 Å². The van der Waals surface area contributed by atoms with Gasteiger partial charge in [-0.1, -0.05) is 37.3 Å². The van der Waals surface area contributed by atoms with E-state index in [4.69, 9.17) is 0 Å². The monoisotopic (exact) mass is 275 g/mol. The summed E-state index contributed by atoms with van der Waals surface area (Å²) in [6, 6.07) is 9.99. The number of hydrogen-bond acceptors (Lipinski definition) is 4. The molecule has 0 aliphatic rings. The number of amides is 1. The number of nitrogens with zero attached hydrogens (tertiary/aromatic N) is 1. The number of benzene rings is 1. The average molecular weight is 275 g/mol. The van der Waals surface area contributed by atoms with E-state index in [0.717, 1.165) is 22.8 Å². The number of anilines is 1. The van der Waals surface area contributed by atoms with Gasteiger partial charge in [-0.3, -0.25) is 4.79 Å². The predicted octanol–water partition coefficient (Wildman–Crippen LogP) is 2.75. The van der Waals surface area contributed by atoms with Crippen LogP contribution < -0.4 is 10.6 Å². The largest absolute Gasteiger partial charge is 0.355 e. The summed E-state index contributed by atoms with van der Waals surface area (Å²) in [7, 11) is 0. The van der Waals surface area contributed by atoms with E-state index in [1.165, 1.54) is 11.3 Å². The lowest BCUT2D eigenvalue weighted by molar-refractivity contribution is -0.119. The van der Waals surface area contributed by atoms with Crippen LogP contribution in [0, 0.1) is 0 Å². The molecule has 0 atom stereocenters. The quantitative estimate of drug-likeness (QED) is 0.852. The lowest BCUT2D eigenvalue weighted by Crippen LogP contribution is -2.30. The molecule has 2 N–H and O–H groups in total. The summed E-state index contributed by atoms with van der Waals surface area (Å²) >= 11 is 1.51. The molecule has 2 aromatic rings. The summed E-state index contributed by atoms with van der Waals surface area (Å²) in [4.78, 5) is 15.9. The van der Waals surface area contributed by atoms with E-state index in [-0.39, 0.29) is 12.5 Å². The number of carbonyl (C=O) groups excluding carboxylic acids is 1. The van der Waals surface area contributed by atoms with Gasteiger partial charge in [-0.05, 0) is 6.42 Å². The van der Waals surface area contributed by atoms with Crippen molar-refractivity contribution in [2.75, 3.05) is 18.4 Å². The van der Waals surface area contributed by atoms with Crippen LogP contribution in [0.1, 0.15) is 13.3 Å². The van der Waals surface area contributed by atoms with Gasteiger partial charge in [0, 0.05) is 17.5 Å². The molecule has 0 radical (unpaired) electrons. The number of hydrogen-bond donors (Lipinski definition) is 2. The van der Waals surface area contributed by atoms with E-state index in [1.807, 2.05) is 42.6 Å². The maximum Gasteiger partial charge on any atom is 0.239 e. The second-order valence-corrected chi connectivity index (χ2v) is 4.97. The summed E-state index contributed by atoms with van der Waals surface area (Å²) in [6.45, 7) is 3.01. The first-order valence-electron chi connectivity index (χ1n) is 6.31. The number of carbonyl (C=O) groups is 1. The van der Waals surface area contributed by atoms with Gasteiger partial charge in [0.05, 0.1) is 12.2 Å². The van der Waals surface area contributed by atoms with Gasteiger partial charge in [0.25, 0.3) is 0 Å². The van der Waals surface area contributed by atoms with Gasteiger partial charge in [-0.2, -0.15) is 0 Å². The lowest BCUT2D eigenvalue weighted by atomic mass is 10.2. The Hall–Kier alpha value is -1.88. The zero-order chi connectivity index (χ0) is 13.5. The highest BCUT2D eigenvalue weighted by molar-refractivity contribution is 7.14. The van der Waals surface area contributed by atoms with E-state index in [0.29, 0.717) is 6.54 Å². The Kier molecular flexibility index (Phi) is 4.92. The Bertz CT molecular complexity index is 524. The second-order valence-electron chi connectivity index (χ2n) is 4.11. The van der Waals surface area contributed by atoms with Crippen LogP contribution in [-0.2, 0) is 4.79 Å². The van der Waals surface area contributed by atoms with Gasteiger partial charge in [-0.15, -0.1) is 11.3 Å². The van der Waals surface area contributed by atoms with Crippen LogP contribution in [0.15, 0.2) is 35.7 Å². The molecule has 1 amide bonds. The van der Waals surface area contributed by atoms with Crippen molar-refractivity contribution in [1.29, 1.82) is 0 Å². The molecule has 0 aliphatic heterocycles. The van der Waals surface area contributed by atoms with Crippen LogP contribution in [0.5, 0.6) is 0 Å². The standard InChI is InChI=1S/C14H17N3OS/c1-2-8-15-13(18)9-16-14-17-12(10-19-14)11-6-4-3-5-7-11/h3-7,10H,2,8-9H2,1H3,(H,15,18)(H,16,17). The molecule has 0 unspecified atom stereocenters. The molecular weight excluding hydrogens is 258 g/mol. The SMILES string of the molecule is CCCNC(=O)CNc1nc(-c2ccccc2)cs1. The smallest absolute Gasteiger partial charge is 0.239 e. The molecule has 2 rings (SSSR count). The topological polar surface area (TPSA) is 54.0 Å². The number of rotatable bonds is 6. The average Bonchev–Trinajstić information content (AvgIpc) is 2.93. The predicted molar refractivity (Wildman–Crippen MR) is 79.3 cm³/mol. The van der Waals surface area contributed by atoms with Crippen LogP contribution in [0.2, 0.25) is 0 Å². The molecule has 0 bridgehead atoms. The molecule has 100 valence electrons. The fraction of sp³-hybridized carbons (Fsp3) is 0.286. The Morgan fingerprint density at radius 1 is 1.32 bits per heavy atom. The van der Waals surface area contributed by atoms with Crippen LogP contribution in [0.25, 0.3) is 11.3 Å². The second kappa shape index (κ2) is 6.89. The van der Waals surface area contributed by atoms with Crippen molar-refractivity contribution in [2.45, 2.75) is 13.3 Å². The van der Waals surface area contributed by atoms with Gasteiger partial charge in [-0.25, -0.2) is 4.98 Å². The molecule has 0 aliphatic carbocycles. The zero-order valence-electron chi connectivity index (χ0n) is 10.8. The first-order chi connectivity index (χ1) is 9.29. The Balaban J connectivity index is 1.90. The van der Waals surface area contributed by atoms with Crippen molar-refractivity contribution < 1.29 is 4.79 Å². The molecule has 0 saturated carbocycles. The van der Waals surface area contributed by atoms with Crippen LogP contribution in [0.4, 0.5) is 5.13 Å². The fourth-order valence-corrected chi connectivity index (χ4v) is 2.30. The van der Waals surface area contributed by atoms with Crippen molar-refractivity contribution in [3.63, 3.8) is 0 Å². The summed E-state index contributed by atoms with van der Waals surface area (Å²) in [5.41, 5.74) is 2.02. The van der Waals surface area contributed by atoms with Crippen molar-refractivity contribution in [3.8, 4) is 11.3 Å². The molecule has 0 spiro atoms. The Morgan fingerprint density at radius 3 is 2.84 bits per heavy atom. The third-order valence-electron chi connectivity index (χ3n) is 2.55. The number of thiazole rings is 1. The van der Waals surface area contributed by atoms with Crippen LogP contribution >= 0.6 is 11.3 Å². The van der Waals surface area contributed by atoms with E-state index in [2.05, 4.69) is 15.6 Å². The molecule has 1 aromatic heterocycles. The molecule has 1 heterocycles. The summed E-state index contributed by atoms with van der Waals surface area (Å²) in [5, 5.41) is 8.61. The molecular formula is C14H17N3OS. The van der Waals surface area contributed by atoms with E-state index in [1.54, 1.807) is 0 Å². The van der Waals surface area contributed by atoms with Gasteiger partial charge < -0.3 is 10.6 Å². The molecule has 19 heavy (non-hydrogen) atoms. The number of nitrogens with one attached hydrogen (secondary N) is 2. The molecule has 0 saturated heterocycles. The van der Waals surface area contributed by atoms with Crippen molar-refractivity contribution in [3.05, 3.63) is 35.7 Å². The van der Waals surface area contributed by atoms with E-state index in [9.17, 15) is 4.79 Å². The third-order valence-corrected chi connectivity index (χ3v) is 3.35. The normalized spacial score (nSPS) is 10.2. The maximum atomic E-state index is 11.5. The molecule has 1 aromatic carbocycles. The van der Waals surface area contributed by atoms with Gasteiger partial charge >= 0.3 is 0 Å². The summed E-state index contributed by atoms with van der Waals surface area (Å²) in [5.74, 6) is -0.00156. The van der Waals surface area contributed by atoms with Crippen LogP contribution in [0.3, 0.4) is 0 Å². The first kappa shape index (κ1) is 13.5. The molecule has 0 fully saturated rings. The van der Waals surface area contributed by atoms with Gasteiger partial charge in [0.1, 0.15) is 0 Å². The van der Waals surface area contributed by atoms with Crippen molar-refractivity contribution >= 4 is 22.4 Å². The Morgan fingerprint density at radius 2 is 2.11 bits per heavy atom. The minimum atomic E-state index is -0.00156.